The average Bonchev–Trinajstić information content (AvgIpc) is 2.26. The number of ether oxygens (including phenoxy) is 1. The smallest absolute Gasteiger partial charge is 0.241 e. The number of nitrogen functional groups attached to an aromatic ring is 1. The minimum Gasteiger partial charge on any atom is -0.490 e. The molecule has 6 nitrogen and oxygen atoms in total. The highest BCUT2D eigenvalue weighted by Crippen LogP contribution is 2.26. The summed E-state index contributed by atoms with van der Waals surface area (Å²) in [5, 5.41) is 5.15. The first-order chi connectivity index (χ1) is 8.54. The van der Waals surface area contributed by atoms with Gasteiger partial charge in [-0.3, -0.25) is 0 Å². The highest BCUT2D eigenvalue weighted by Gasteiger charge is 2.23. The van der Waals surface area contributed by atoms with E-state index in [-0.39, 0.29) is 16.2 Å². The zero-order chi connectivity index (χ0) is 14.8. The van der Waals surface area contributed by atoms with Gasteiger partial charge in [-0.15, -0.1) is 0 Å². The summed E-state index contributed by atoms with van der Waals surface area (Å²) in [4.78, 5) is 1.89. The van der Waals surface area contributed by atoms with Gasteiger partial charge in [-0.1, -0.05) is 0 Å². The average molecular weight is 287 g/mol. The Balaban J connectivity index is 3.03. The van der Waals surface area contributed by atoms with Crippen LogP contribution < -0.4 is 15.6 Å². The zero-order valence-electron chi connectivity index (χ0n) is 11.7. The third-order valence-corrected chi connectivity index (χ3v) is 4.00. The third-order valence-electron chi connectivity index (χ3n) is 3.07. The summed E-state index contributed by atoms with van der Waals surface area (Å²) < 4.78 is 28.6. The molecule has 1 aromatic rings. The number of nitrogens with zero attached hydrogens (tertiary/aromatic N) is 1. The Labute approximate surface area is 114 Å². The predicted molar refractivity (Wildman–Crippen MR) is 75.5 cm³/mol. The highest BCUT2D eigenvalue weighted by molar-refractivity contribution is 7.89. The van der Waals surface area contributed by atoms with Crippen LogP contribution >= 0.6 is 0 Å². The van der Waals surface area contributed by atoms with Gasteiger partial charge in [0, 0.05) is 11.2 Å². The van der Waals surface area contributed by atoms with Gasteiger partial charge in [-0.05, 0) is 46.1 Å². The molecule has 1 rings (SSSR count). The van der Waals surface area contributed by atoms with Crippen molar-refractivity contribution >= 4 is 15.7 Å². The summed E-state index contributed by atoms with van der Waals surface area (Å²) in [6.07, 6.45) is 0. The van der Waals surface area contributed by atoms with Crippen LogP contribution in [0.1, 0.15) is 13.8 Å². The minimum absolute atomic E-state index is 0.0953. The lowest BCUT2D eigenvalue weighted by Crippen LogP contribution is -2.43. The van der Waals surface area contributed by atoms with Gasteiger partial charge in [0.05, 0.1) is 0 Å². The number of anilines is 1. The van der Waals surface area contributed by atoms with E-state index in [2.05, 4.69) is 0 Å². The Morgan fingerprint density at radius 1 is 1.32 bits per heavy atom. The third kappa shape index (κ3) is 4.09. The standard InChI is InChI=1S/C12H21N3O3S/c1-12(2,15(3)4)8-18-10-6-5-9(13)7-11(10)19(14,16)17/h5-7H,8,13H2,1-4H3,(H2,14,16,17). The summed E-state index contributed by atoms with van der Waals surface area (Å²) >= 11 is 0. The molecule has 7 heteroatoms. The fourth-order valence-electron chi connectivity index (χ4n) is 1.25. The molecule has 0 saturated heterocycles. The lowest BCUT2D eigenvalue weighted by Gasteiger charge is -2.32. The first-order valence-electron chi connectivity index (χ1n) is 5.76. The number of nitrogens with two attached hydrogens (primary N) is 2. The summed E-state index contributed by atoms with van der Waals surface area (Å²) in [5.41, 5.74) is 5.65. The molecule has 19 heavy (non-hydrogen) atoms. The van der Waals surface area contributed by atoms with E-state index >= 15 is 0 Å². The Morgan fingerprint density at radius 2 is 1.89 bits per heavy atom. The van der Waals surface area contributed by atoms with Gasteiger partial charge in [0.2, 0.25) is 10.0 Å². The van der Waals surface area contributed by atoms with Crippen molar-refractivity contribution in [1.29, 1.82) is 0 Å². The number of hydrogen-bond donors (Lipinski definition) is 2. The van der Waals surface area contributed by atoms with E-state index in [0.29, 0.717) is 12.3 Å². The molecule has 0 heterocycles. The van der Waals surface area contributed by atoms with Gasteiger partial charge in [0.25, 0.3) is 0 Å². The van der Waals surface area contributed by atoms with Crippen LogP contribution in [0.4, 0.5) is 5.69 Å². The maximum absolute atomic E-state index is 11.5. The first kappa shape index (κ1) is 15.7. The highest BCUT2D eigenvalue weighted by atomic mass is 32.2. The summed E-state index contributed by atoms with van der Waals surface area (Å²) in [6, 6.07) is 4.39. The van der Waals surface area contributed by atoms with Crippen LogP contribution in [0.15, 0.2) is 23.1 Å². The number of primary sulfonamides is 1. The maximum Gasteiger partial charge on any atom is 0.241 e. The van der Waals surface area contributed by atoms with Gasteiger partial charge in [-0.25, -0.2) is 13.6 Å². The number of benzene rings is 1. The molecule has 0 radical (unpaired) electrons. The summed E-state index contributed by atoms with van der Waals surface area (Å²) in [7, 11) is -0.0154. The zero-order valence-corrected chi connectivity index (χ0v) is 12.5. The molecule has 0 amide bonds. The number of hydrogen-bond acceptors (Lipinski definition) is 5. The Morgan fingerprint density at radius 3 is 2.37 bits per heavy atom. The molecule has 4 N–H and O–H groups in total. The number of likely N-dealkylation sites (N-methyl/N-ethyl adjacent to an activating group) is 1. The first-order valence-corrected chi connectivity index (χ1v) is 7.31. The second-order valence-electron chi connectivity index (χ2n) is 5.25. The SMILES string of the molecule is CN(C)C(C)(C)COc1ccc(N)cc1S(N)(=O)=O. The molecule has 0 aliphatic rings. The molecule has 0 aromatic heterocycles. The fraction of sp³-hybridized carbons (Fsp3) is 0.500. The van der Waals surface area contributed by atoms with Crippen LogP contribution in [0.5, 0.6) is 5.75 Å². The van der Waals surface area contributed by atoms with Gasteiger partial charge in [-0.2, -0.15) is 0 Å². The lowest BCUT2D eigenvalue weighted by atomic mass is 10.1. The Hall–Kier alpha value is -1.31. The van der Waals surface area contributed by atoms with E-state index in [9.17, 15) is 8.42 Å². The van der Waals surface area contributed by atoms with Crippen molar-refractivity contribution in [3.05, 3.63) is 18.2 Å². The number of sulfonamides is 1. The normalized spacial score (nSPS) is 12.7. The molecular formula is C12H21N3O3S. The van der Waals surface area contributed by atoms with E-state index in [1.807, 2.05) is 32.8 Å². The van der Waals surface area contributed by atoms with Crippen LogP contribution in [0.3, 0.4) is 0 Å². The fourth-order valence-corrected chi connectivity index (χ4v) is 1.96. The summed E-state index contributed by atoms with van der Waals surface area (Å²) in [5.74, 6) is 0.214. The van der Waals surface area contributed by atoms with Crippen LogP contribution in [0, 0.1) is 0 Å². The van der Waals surface area contributed by atoms with Crippen LogP contribution in [0.25, 0.3) is 0 Å². The van der Waals surface area contributed by atoms with E-state index in [0.717, 1.165) is 0 Å². The van der Waals surface area contributed by atoms with Gasteiger partial charge < -0.3 is 15.4 Å². The minimum atomic E-state index is -3.86. The van der Waals surface area contributed by atoms with Crippen molar-refractivity contribution < 1.29 is 13.2 Å². The van der Waals surface area contributed by atoms with Crippen LogP contribution in [-0.2, 0) is 10.0 Å². The molecular weight excluding hydrogens is 266 g/mol. The quantitative estimate of drug-likeness (QED) is 0.774. The topological polar surface area (TPSA) is 98.7 Å². The molecule has 108 valence electrons. The molecule has 0 aliphatic heterocycles. The molecule has 0 spiro atoms. The maximum atomic E-state index is 11.5. The van der Waals surface area contributed by atoms with Gasteiger partial charge in [0.1, 0.15) is 17.3 Å². The molecule has 0 aliphatic carbocycles. The van der Waals surface area contributed by atoms with Crippen molar-refractivity contribution in [2.45, 2.75) is 24.3 Å². The van der Waals surface area contributed by atoms with Crippen LogP contribution in [-0.4, -0.2) is 39.6 Å². The van der Waals surface area contributed by atoms with Crippen molar-refractivity contribution in [2.75, 3.05) is 26.4 Å². The summed E-state index contributed by atoms with van der Waals surface area (Å²) in [6.45, 7) is 4.30. The lowest BCUT2D eigenvalue weighted by molar-refractivity contribution is 0.112. The molecule has 0 atom stereocenters. The van der Waals surface area contributed by atoms with Crippen LogP contribution in [0.2, 0.25) is 0 Å². The van der Waals surface area contributed by atoms with Crippen molar-refractivity contribution in [1.82, 2.24) is 4.90 Å². The molecule has 1 aromatic carbocycles. The van der Waals surface area contributed by atoms with Crippen molar-refractivity contribution in [2.24, 2.45) is 5.14 Å². The predicted octanol–water partition coefficient (Wildman–Crippen LogP) is 0.635. The molecule has 0 unspecified atom stereocenters. The van der Waals surface area contributed by atoms with Gasteiger partial charge in [0.15, 0.2) is 0 Å². The Kier molecular flexibility index (Phi) is 4.44. The Bertz CT molecular complexity index is 553. The van der Waals surface area contributed by atoms with E-state index in [1.165, 1.54) is 12.1 Å². The second kappa shape index (κ2) is 5.36. The monoisotopic (exact) mass is 287 g/mol. The molecule has 0 fully saturated rings. The van der Waals surface area contributed by atoms with Crippen molar-refractivity contribution in [3.8, 4) is 5.75 Å². The second-order valence-corrected chi connectivity index (χ2v) is 6.78. The number of rotatable bonds is 5. The van der Waals surface area contributed by atoms with E-state index < -0.39 is 10.0 Å². The van der Waals surface area contributed by atoms with E-state index in [4.69, 9.17) is 15.6 Å². The molecule has 0 bridgehead atoms. The van der Waals surface area contributed by atoms with Crippen molar-refractivity contribution in [3.63, 3.8) is 0 Å². The largest absolute Gasteiger partial charge is 0.490 e. The van der Waals surface area contributed by atoms with E-state index in [1.54, 1.807) is 6.07 Å². The molecule has 0 saturated carbocycles. The van der Waals surface area contributed by atoms with Gasteiger partial charge >= 0.3 is 0 Å².